The van der Waals surface area contributed by atoms with E-state index in [2.05, 4.69) is 25.1 Å². The minimum Gasteiger partial charge on any atom is -0.497 e. The molecule has 3 aromatic carbocycles. The van der Waals surface area contributed by atoms with Crippen LogP contribution in [0.2, 0.25) is 0 Å². The first kappa shape index (κ1) is 33.4. The first-order valence-electron chi connectivity index (χ1n) is 15.9. The van der Waals surface area contributed by atoms with Crippen molar-refractivity contribution in [2.24, 2.45) is 0 Å². The van der Waals surface area contributed by atoms with Crippen molar-refractivity contribution in [3.05, 3.63) is 84.2 Å². The molecule has 0 unspecified atom stereocenters. The zero-order valence-corrected chi connectivity index (χ0v) is 28.0. The van der Waals surface area contributed by atoms with Gasteiger partial charge in [0.1, 0.15) is 30.3 Å². The van der Waals surface area contributed by atoms with E-state index < -0.39 is 0 Å². The van der Waals surface area contributed by atoms with Crippen molar-refractivity contribution in [2.75, 3.05) is 78.0 Å². The van der Waals surface area contributed by atoms with E-state index in [1.54, 1.807) is 34.5 Å². The average Bonchev–Trinajstić information content (AvgIpc) is 3.13. The molecule has 2 aliphatic rings. The third-order valence-electron chi connectivity index (χ3n) is 8.57. The average molecular weight is 666 g/mol. The lowest BCUT2D eigenvalue weighted by molar-refractivity contribution is -0.113. The number of nitrogens with zero attached hydrogens (tertiary/aromatic N) is 4. The molecule has 1 fully saturated rings. The van der Waals surface area contributed by atoms with E-state index >= 15 is 0 Å². The molecule has 0 amide bonds. The fraction of sp³-hybridized carbons (Fsp3) is 0.297. The van der Waals surface area contributed by atoms with E-state index in [0.717, 1.165) is 60.9 Å². The first-order valence-corrected chi connectivity index (χ1v) is 15.9. The summed E-state index contributed by atoms with van der Waals surface area (Å²) >= 11 is 0. The maximum atomic E-state index is 13.1. The van der Waals surface area contributed by atoms with Gasteiger partial charge in [0.2, 0.25) is 0 Å². The van der Waals surface area contributed by atoms with Gasteiger partial charge in [0.25, 0.3) is 0 Å². The molecule has 0 bridgehead atoms. The summed E-state index contributed by atoms with van der Waals surface area (Å²) in [5, 5.41) is 4.12. The van der Waals surface area contributed by atoms with Crippen LogP contribution in [0.4, 0.5) is 17.2 Å². The monoisotopic (exact) mass is 665 g/mol. The maximum Gasteiger partial charge on any atom is 0.186 e. The van der Waals surface area contributed by atoms with E-state index in [1.165, 1.54) is 24.6 Å². The van der Waals surface area contributed by atoms with Gasteiger partial charge in [-0.3, -0.25) is 14.5 Å². The Morgan fingerprint density at radius 3 is 2.37 bits per heavy atom. The van der Waals surface area contributed by atoms with Crippen LogP contribution in [0.25, 0.3) is 16.5 Å². The van der Waals surface area contributed by atoms with Crippen molar-refractivity contribution in [1.82, 2.24) is 14.9 Å². The van der Waals surface area contributed by atoms with Gasteiger partial charge in [-0.25, -0.2) is 9.97 Å². The molecule has 1 aromatic heterocycles. The number of ketones is 2. The van der Waals surface area contributed by atoms with Crippen molar-refractivity contribution < 1.29 is 33.3 Å². The van der Waals surface area contributed by atoms with Crippen molar-refractivity contribution in [3.63, 3.8) is 0 Å². The van der Waals surface area contributed by atoms with Crippen LogP contribution in [0.5, 0.6) is 23.0 Å². The molecular formula is C37H39N5O7. The molecule has 0 saturated carbocycles. The van der Waals surface area contributed by atoms with Gasteiger partial charge in [-0.1, -0.05) is 6.07 Å². The van der Waals surface area contributed by atoms with E-state index in [9.17, 15) is 9.59 Å². The number of ether oxygens (including phenoxy) is 5. The van der Waals surface area contributed by atoms with Gasteiger partial charge in [-0.2, -0.15) is 0 Å². The summed E-state index contributed by atoms with van der Waals surface area (Å²) in [6, 6.07) is 15.3. The van der Waals surface area contributed by atoms with Gasteiger partial charge < -0.3 is 33.9 Å². The second-order valence-corrected chi connectivity index (χ2v) is 11.5. The number of nitrogens with one attached hydrogen (secondary N) is 1. The SMILES string of the molecule is COCCOc1cc2ncnc(Nc3ccc(N4CCN(Cc5ccc(OC)cc5OC)CC4)c(C4=CC(=O)C=CC4=O)c3)c2cc1OC. The predicted octanol–water partition coefficient (Wildman–Crippen LogP) is 4.84. The number of carbonyl (C=O) groups excluding carboxylic acids is 2. The molecule has 1 saturated heterocycles. The fourth-order valence-electron chi connectivity index (χ4n) is 6.00. The number of hydrogen-bond donors (Lipinski definition) is 1. The molecule has 0 radical (unpaired) electrons. The van der Waals surface area contributed by atoms with Crippen molar-refractivity contribution in [3.8, 4) is 23.0 Å². The first-order chi connectivity index (χ1) is 23.9. The molecule has 1 aliphatic heterocycles. The molecular weight excluding hydrogens is 626 g/mol. The van der Waals surface area contributed by atoms with Gasteiger partial charge in [0, 0.05) is 85.4 Å². The quantitative estimate of drug-likeness (QED) is 0.155. The minimum absolute atomic E-state index is 0.221. The van der Waals surface area contributed by atoms with Crippen molar-refractivity contribution in [2.45, 2.75) is 6.54 Å². The Bertz CT molecular complexity index is 1920. The Morgan fingerprint density at radius 2 is 1.61 bits per heavy atom. The highest BCUT2D eigenvalue weighted by atomic mass is 16.5. The number of allylic oxidation sites excluding steroid dienone is 4. The highest BCUT2D eigenvalue weighted by molar-refractivity contribution is 6.34. The summed E-state index contributed by atoms with van der Waals surface area (Å²) < 4.78 is 27.5. The predicted molar refractivity (Wildman–Crippen MR) is 187 cm³/mol. The van der Waals surface area contributed by atoms with Gasteiger partial charge in [-0.05, 0) is 48.6 Å². The lowest BCUT2D eigenvalue weighted by Gasteiger charge is -2.37. The lowest BCUT2D eigenvalue weighted by atomic mass is 9.93. The standard InChI is InChI=1S/C37H39N5O7/c1-45-15-16-49-36-21-31-30(20-35(36)48-4)37(39-23-38-31)40-25-6-9-32(28(17-25)29-18-26(43)7-10-33(29)44)42-13-11-41(12-14-42)22-24-5-8-27(46-2)19-34(24)47-3/h5-10,17-21,23H,11-16,22H2,1-4H3,(H,38,39,40). The van der Waals surface area contributed by atoms with Crippen LogP contribution < -0.4 is 29.2 Å². The molecule has 0 spiro atoms. The summed E-state index contributed by atoms with van der Waals surface area (Å²) in [4.78, 5) is 39.2. The lowest BCUT2D eigenvalue weighted by Crippen LogP contribution is -2.46. The topological polar surface area (TPSA) is 125 Å². The number of carbonyl (C=O) groups is 2. The van der Waals surface area contributed by atoms with Crippen LogP contribution in [-0.4, -0.2) is 94.3 Å². The van der Waals surface area contributed by atoms with Crippen LogP contribution in [0, 0.1) is 0 Å². The number of piperazine rings is 1. The second kappa shape index (κ2) is 15.2. The third kappa shape index (κ3) is 7.50. The van der Waals surface area contributed by atoms with E-state index in [-0.39, 0.29) is 11.6 Å². The normalized spacial score (nSPS) is 14.9. The zero-order chi connectivity index (χ0) is 34.3. The van der Waals surface area contributed by atoms with Crippen LogP contribution in [-0.2, 0) is 20.9 Å². The largest absolute Gasteiger partial charge is 0.497 e. The summed E-state index contributed by atoms with van der Waals surface area (Å²) in [5.74, 6) is 2.72. The maximum absolute atomic E-state index is 13.1. The van der Waals surface area contributed by atoms with E-state index in [1.807, 2.05) is 42.5 Å². The van der Waals surface area contributed by atoms with Gasteiger partial charge in [0.05, 0.1) is 33.5 Å². The van der Waals surface area contributed by atoms with Gasteiger partial charge in [0.15, 0.2) is 23.1 Å². The van der Waals surface area contributed by atoms with Crippen molar-refractivity contribution >= 4 is 45.2 Å². The van der Waals surface area contributed by atoms with Crippen LogP contribution >= 0.6 is 0 Å². The molecule has 49 heavy (non-hydrogen) atoms. The Balaban J connectivity index is 1.27. The van der Waals surface area contributed by atoms with Gasteiger partial charge in [-0.15, -0.1) is 0 Å². The molecule has 4 aromatic rings. The summed E-state index contributed by atoms with van der Waals surface area (Å²) in [6.07, 6.45) is 5.52. The summed E-state index contributed by atoms with van der Waals surface area (Å²) in [5.41, 5.74) is 4.34. The molecule has 1 aliphatic carbocycles. The number of fused-ring (bicyclic) bond motifs is 1. The second-order valence-electron chi connectivity index (χ2n) is 11.5. The number of benzene rings is 3. The molecule has 12 heteroatoms. The smallest absolute Gasteiger partial charge is 0.186 e. The van der Waals surface area contributed by atoms with Gasteiger partial charge >= 0.3 is 0 Å². The summed E-state index contributed by atoms with van der Waals surface area (Å²) in [6.45, 7) is 4.59. The van der Waals surface area contributed by atoms with Crippen LogP contribution in [0.15, 0.2) is 73.1 Å². The Labute approximate surface area is 284 Å². The van der Waals surface area contributed by atoms with Crippen molar-refractivity contribution in [1.29, 1.82) is 0 Å². The Kier molecular flexibility index (Phi) is 10.4. The highest BCUT2D eigenvalue weighted by Crippen LogP contribution is 2.37. The molecule has 6 rings (SSSR count). The molecule has 12 nitrogen and oxygen atoms in total. The Morgan fingerprint density at radius 1 is 0.796 bits per heavy atom. The zero-order valence-electron chi connectivity index (χ0n) is 28.0. The number of methoxy groups -OCH3 is 4. The highest BCUT2D eigenvalue weighted by Gasteiger charge is 2.25. The van der Waals surface area contributed by atoms with E-state index in [4.69, 9.17) is 23.7 Å². The number of anilines is 3. The third-order valence-corrected chi connectivity index (χ3v) is 8.57. The molecule has 2 heterocycles. The Hall–Kier alpha value is -5.46. The minimum atomic E-state index is -0.227. The number of hydrogen-bond acceptors (Lipinski definition) is 12. The molecule has 1 N–H and O–H groups in total. The fourth-order valence-corrected chi connectivity index (χ4v) is 6.00. The summed E-state index contributed by atoms with van der Waals surface area (Å²) in [7, 11) is 6.49. The number of rotatable bonds is 13. The molecule has 0 atom stereocenters. The van der Waals surface area contributed by atoms with Crippen LogP contribution in [0.3, 0.4) is 0 Å². The van der Waals surface area contributed by atoms with E-state index in [0.29, 0.717) is 52.9 Å². The number of aromatic nitrogens is 2. The molecule has 254 valence electrons. The van der Waals surface area contributed by atoms with Crippen LogP contribution in [0.1, 0.15) is 11.1 Å².